The molecular formula is C48H81N3O16P2. The molecule has 0 aliphatic carbocycles. The van der Waals surface area contributed by atoms with E-state index in [2.05, 4.69) is 59.6 Å². The molecular weight excluding hydrogens is 936 g/mol. The molecule has 3 heterocycles. The predicted molar refractivity (Wildman–Crippen MR) is 261 cm³/mol. The first kappa shape index (κ1) is 60.2. The number of ether oxygens (including phenoxy) is 4. The second-order valence-electron chi connectivity index (χ2n) is 17.7. The maximum atomic E-state index is 12.9. The van der Waals surface area contributed by atoms with Gasteiger partial charge in [-0.15, -0.1) is 0 Å². The highest BCUT2D eigenvalue weighted by molar-refractivity contribution is 7.61. The van der Waals surface area contributed by atoms with Gasteiger partial charge in [-0.1, -0.05) is 140 Å². The molecule has 2 fully saturated rings. The number of phosphoric ester groups is 2. The Balaban J connectivity index is 1.42. The number of hydrogen-bond acceptors (Lipinski definition) is 16. The Kier molecular flexibility index (Phi) is 30.0. The van der Waals surface area contributed by atoms with Crippen molar-refractivity contribution in [2.24, 2.45) is 0 Å². The van der Waals surface area contributed by atoms with Crippen LogP contribution in [0.3, 0.4) is 0 Å². The molecule has 1 aromatic heterocycles. The van der Waals surface area contributed by atoms with Gasteiger partial charge in [0, 0.05) is 19.0 Å². The summed E-state index contributed by atoms with van der Waals surface area (Å²) in [6, 6.07) is 1.24. The van der Waals surface area contributed by atoms with Crippen LogP contribution < -0.4 is 11.4 Å². The number of rotatable bonds is 40. The van der Waals surface area contributed by atoms with Gasteiger partial charge in [0.05, 0.1) is 25.4 Å². The molecule has 9 atom stereocenters. The van der Waals surface area contributed by atoms with E-state index in [9.17, 15) is 43.5 Å². The van der Waals surface area contributed by atoms with Gasteiger partial charge >= 0.3 is 33.3 Å². The molecule has 6 N–H and O–H groups in total. The van der Waals surface area contributed by atoms with Crippen molar-refractivity contribution in [3.8, 4) is 0 Å². The van der Waals surface area contributed by atoms with Crippen LogP contribution in [0.2, 0.25) is 0 Å². The molecule has 1 aromatic rings. The Hall–Kier alpha value is -3.06. The van der Waals surface area contributed by atoms with E-state index < -0.39 is 83.7 Å². The van der Waals surface area contributed by atoms with Crippen LogP contribution in [0.25, 0.3) is 0 Å². The smallest absolute Gasteiger partial charge is 0.462 e. The summed E-state index contributed by atoms with van der Waals surface area (Å²) in [5.41, 5.74) is 4.58. The van der Waals surface area contributed by atoms with Crippen LogP contribution in [0, 0.1) is 0 Å². The zero-order valence-corrected chi connectivity index (χ0v) is 42.6. The van der Waals surface area contributed by atoms with E-state index in [4.69, 9.17) is 33.7 Å². The van der Waals surface area contributed by atoms with E-state index in [-0.39, 0.29) is 30.9 Å². The molecule has 2 saturated heterocycles. The van der Waals surface area contributed by atoms with Crippen molar-refractivity contribution in [3.05, 3.63) is 59.2 Å². The van der Waals surface area contributed by atoms with Crippen molar-refractivity contribution >= 4 is 33.4 Å². The van der Waals surface area contributed by atoms with Gasteiger partial charge in [-0.2, -0.15) is 9.29 Å². The van der Waals surface area contributed by atoms with Crippen molar-refractivity contribution < 1.29 is 71.0 Å². The van der Waals surface area contributed by atoms with E-state index in [1.165, 1.54) is 76.7 Å². The summed E-state index contributed by atoms with van der Waals surface area (Å²) in [6.07, 6.45) is 29.6. The molecule has 3 rings (SSSR count). The quantitative estimate of drug-likeness (QED) is 0.0135. The summed E-state index contributed by atoms with van der Waals surface area (Å²) < 4.78 is 62.5. The van der Waals surface area contributed by atoms with Gasteiger partial charge < -0.3 is 44.7 Å². The van der Waals surface area contributed by atoms with Gasteiger partial charge in [0.15, 0.2) is 12.3 Å². The number of nitrogens with two attached hydrogens (primary N) is 1. The van der Waals surface area contributed by atoms with E-state index >= 15 is 0 Å². The van der Waals surface area contributed by atoms with E-state index in [0.29, 0.717) is 19.3 Å². The van der Waals surface area contributed by atoms with Crippen LogP contribution in [0.1, 0.15) is 174 Å². The van der Waals surface area contributed by atoms with Gasteiger partial charge in [0.25, 0.3) is 0 Å². The monoisotopic (exact) mass is 1020 g/mol. The highest BCUT2D eigenvalue weighted by Gasteiger charge is 2.46. The largest absolute Gasteiger partial charge is 0.481 e. The average molecular weight is 1020 g/mol. The number of unbranched alkanes of at least 4 members (excludes halogenated alkanes) is 15. The second kappa shape index (κ2) is 34.3. The number of aromatic nitrogens is 2. The number of esters is 2. The average Bonchev–Trinajstić information content (AvgIpc) is 3.99. The van der Waals surface area contributed by atoms with E-state index in [1.807, 2.05) is 0 Å². The first-order valence-corrected chi connectivity index (χ1v) is 28.1. The standard InChI is InChI=1S/C48H81N3O16P2/c1-3-5-7-9-11-13-15-17-19-21-23-25-27-31-44(53)64-38(35-61-43(52)32-28-30-40-39(65-40)29-26-24-22-20-18-16-14-12-10-8-6-4-2)36-62-68(57,58)67-69(59,60)63-37-41-45(54)46(55)47(66-41)51-34-33-42(49)50-48(51)56/h12,14,18,20,24,26,33-34,38-41,45-47,54-55H,3-11,13,15-17,19,21-23,25,27-32,35-37H2,1-2H3,(H,57,58)(H,59,60)(H2,49,50,56)/b14-12-,20-18-,26-24-/t38-,39?,40?,41-,45-,46-,47-/m1/s1. The molecule has 394 valence electrons. The lowest BCUT2D eigenvalue weighted by Gasteiger charge is -2.21. The van der Waals surface area contributed by atoms with Crippen LogP contribution in [0.15, 0.2) is 53.5 Å². The molecule has 0 amide bonds. The topological polar surface area (TPSA) is 278 Å². The Morgan fingerprint density at radius 3 is 1.96 bits per heavy atom. The first-order valence-electron chi connectivity index (χ1n) is 25.1. The molecule has 69 heavy (non-hydrogen) atoms. The molecule has 0 aromatic carbocycles. The third kappa shape index (κ3) is 26.8. The molecule has 0 radical (unpaired) electrons. The Bertz CT molecular complexity index is 1860. The van der Waals surface area contributed by atoms with Crippen LogP contribution in [0.5, 0.6) is 0 Å². The van der Waals surface area contributed by atoms with E-state index in [0.717, 1.165) is 62.1 Å². The molecule has 0 bridgehead atoms. The lowest BCUT2D eigenvalue weighted by Crippen LogP contribution is -2.36. The van der Waals surface area contributed by atoms with Gasteiger partial charge in [0.1, 0.15) is 30.7 Å². The number of phosphoric acid groups is 2. The Morgan fingerprint density at radius 2 is 1.30 bits per heavy atom. The zero-order chi connectivity index (χ0) is 50.3. The molecule has 4 unspecified atom stereocenters. The van der Waals surface area contributed by atoms with Crippen molar-refractivity contribution in [1.29, 1.82) is 0 Å². The second-order valence-corrected chi connectivity index (χ2v) is 20.8. The van der Waals surface area contributed by atoms with Crippen LogP contribution in [-0.4, -0.2) is 97.9 Å². The van der Waals surface area contributed by atoms with Crippen molar-refractivity contribution in [3.63, 3.8) is 0 Å². The van der Waals surface area contributed by atoms with Crippen LogP contribution in [0.4, 0.5) is 5.82 Å². The highest BCUT2D eigenvalue weighted by atomic mass is 31.3. The number of epoxide rings is 1. The van der Waals surface area contributed by atoms with Gasteiger partial charge in [-0.3, -0.25) is 23.2 Å². The summed E-state index contributed by atoms with van der Waals surface area (Å²) in [5.74, 6) is -1.37. The minimum atomic E-state index is -5.44. The van der Waals surface area contributed by atoms with Crippen molar-refractivity contribution in [1.82, 2.24) is 9.55 Å². The number of allylic oxidation sites excluding steroid dienone is 5. The SMILES string of the molecule is CCCCC/C=C\C/C=C\C/C=C\CC1OC1CCCC(=O)OC[C@H](COP(=O)(O)OP(=O)(O)OC[C@H]1O[C@@H](n2ccc(N)nc2=O)[C@H](O)[C@@H]1O)OC(=O)CCCCCCCCCCCCCCC. The minimum absolute atomic E-state index is 0.0330. The fraction of sp³-hybridized carbons (Fsp3) is 0.750. The molecule has 0 saturated carbocycles. The summed E-state index contributed by atoms with van der Waals surface area (Å²) in [7, 11) is -10.9. The maximum Gasteiger partial charge on any atom is 0.481 e. The van der Waals surface area contributed by atoms with Gasteiger partial charge in [-0.05, 0) is 57.4 Å². The van der Waals surface area contributed by atoms with E-state index in [1.54, 1.807) is 0 Å². The summed E-state index contributed by atoms with van der Waals surface area (Å²) in [5, 5.41) is 20.9. The maximum absolute atomic E-state index is 12.9. The molecule has 19 nitrogen and oxygen atoms in total. The molecule has 0 spiro atoms. The van der Waals surface area contributed by atoms with Crippen LogP contribution >= 0.6 is 15.6 Å². The van der Waals surface area contributed by atoms with Crippen molar-refractivity contribution in [2.45, 2.75) is 211 Å². The number of carbonyl (C=O) groups is 2. The fourth-order valence-corrected chi connectivity index (χ4v) is 9.75. The fourth-order valence-electron chi connectivity index (χ4n) is 7.64. The molecule has 2 aliphatic heterocycles. The minimum Gasteiger partial charge on any atom is -0.462 e. The number of aliphatic hydroxyl groups is 2. The highest BCUT2D eigenvalue weighted by Crippen LogP contribution is 2.60. The number of aliphatic hydroxyl groups excluding tert-OH is 2. The Morgan fingerprint density at radius 1 is 0.725 bits per heavy atom. The normalized spacial score (nSPS) is 22.6. The summed E-state index contributed by atoms with van der Waals surface area (Å²) in [4.78, 5) is 62.0. The molecule has 21 heteroatoms. The van der Waals surface area contributed by atoms with Crippen molar-refractivity contribution in [2.75, 3.05) is 25.6 Å². The summed E-state index contributed by atoms with van der Waals surface area (Å²) in [6.45, 7) is 2.05. The number of anilines is 1. The number of nitrogens with zero attached hydrogens (tertiary/aromatic N) is 2. The first-order chi connectivity index (χ1) is 33.1. The lowest BCUT2D eigenvalue weighted by atomic mass is 10.0. The van der Waals surface area contributed by atoms with Crippen LogP contribution in [-0.2, 0) is 51.0 Å². The third-order valence-corrected chi connectivity index (χ3v) is 14.3. The number of carbonyl (C=O) groups excluding carboxylic acids is 2. The van der Waals surface area contributed by atoms with Gasteiger partial charge in [-0.25, -0.2) is 13.9 Å². The number of nitrogen functional groups attached to an aromatic ring is 1. The lowest BCUT2D eigenvalue weighted by molar-refractivity contribution is -0.161. The molecule has 2 aliphatic rings. The summed E-state index contributed by atoms with van der Waals surface area (Å²) >= 11 is 0. The third-order valence-electron chi connectivity index (χ3n) is 11.7. The zero-order valence-electron chi connectivity index (χ0n) is 40.8. The van der Waals surface area contributed by atoms with Gasteiger partial charge in [0.2, 0.25) is 0 Å². The Labute approximate surface area is 408 Å². The predicted octanol–water partition coefficient (Wildman–Crippen LogP) is 8.99. The number of hydrogen-bond donors (Lipinski definition) is 5.